The molecule has 4 nitrogen and oxygen atoms in total. The number of aromatic nitrogens is 2. The highest BCUT2D eigenvalue weighted by atomic mass is 15.1. The van der Waals surface area contributed by atoms with E-state index in [1.807, 2.05) is 48.9 Å². The van der Waals surface area contributed by atoms with Crippen molar-refractivity contribution in [3.63, 3.8) is 0 Å². The molecule has 0 aliphatic carbocycles. The summed E-state index contributed by atoms with van der Waals surface area (Å²) < 4.78 is 0. The summed E-state index contributed by atoms with van der Waals surface area (Å²) in [6.45, 7) is 1.71. The quantitative estimate of drug-likeness (QED) is 0.746. The molecule has 2 heterocycles. The van der Waals surface area contributed by atoms with Crippen molar-refractivity contribution in [3.05, 3.63) is 66.1 Å². The van der Waals surface area contributed by atoms with Gasteiger partial charge >= 0.3 is 0 Å². The van der Waals surface area contributed by atoms with Gasteiger partial charge in [-0.2, -0.15) is 0 Å². The van der Waals surface area contributed by atoms with Crippen molar-refractivity contribution in [3.8, 4) is 0 Å². The van der Waals surface area contributed by atoms with Crippen molar-refractivity contribution in [2.24, 2.45) is 0 Å². The standard InChI is InChI=1S/C17H18N4/c1-21(11-13-6-9-19-10-7-13)12-14-4-5-16(18)15-3-2-8-20-17(14)15/h2-10H,11-12,18H2,1H3. The summed E-state index contributed by atoms with van der Waals surface area (Å²) in [6.07, 6.45) is 5.46. The van der Waals surface area contributed by atoms with Gasteiger partial charge in [0.15, 0.2) is 0 Å². The van der Waals surface area contributed by atoms with Crippen molar-refractivity contribution in [2.45, 2.75) is 13.1 Å². The number of rotatable bonds is 4. The highest BCUT2D eigenvalue weighted by Gasteiger charge is 2.08. The Balaban J connectivity index is 1.83. The molecule has 0 amide bonds. The zero-order valence-corrected chi connectivity index (χ0v) is 12.0. The summed E-state index contributed by atoms with van der Waals surface area (Å²) in [5, 5.41) is 1.02. The SMILES string of the molecule is CN(Cc1ccncc1)Cc1ccc(N)c2cccnc12. The lowest BCUT2D eigenvalue weighted by Crippen LogP contribution is -2.17. The van der Waals surface area contributed by atoms with Crippen molar-refractivity contribution in [2.75, 3.05) is 12.8 Å². The van der Waals surface area contributed by atoms with Crippen LogP contribution in [0.2, 0.25) is 0 Å². The molecule has 106 valence electrons. The van der Waals surface area contributed by atoms with Gasteiger partial charge in [0.1, 0.15) is 0 Å². The Kier molecular flexibility index (Phi) is 3.79. The summed E-state index contributed by atoms with van der Waals surface area (Å²) in [6, 6.07) is 12.0. The van der Waals surface area contributed by atoms with Crippen LogP contribution < -0.4 is 5.73 Å². The van der Waals surface area contributed by atoms with E-state index in [4.69, 9.17) is 5.73 Å². The topological polar surface area (TPSA) is 55.0 Å². The number of benzene rings is 1. The average Bonchev–Trinajstić information content (AvgIpc) is 2.51. The van der Waals surface area contributed by atoms with Gasteiger partial charge in [-0.3, -0.25) is 14.9 Å². The Bertz CT molecular complexity index is 740. The van der Waals surface area contributed by atoms with Gasteiger partial charge < -0.3 is 5.73 Å². The summed E-state index contributed by atoms with van der Waals surface area (Å²) in [7, 11) is 2.10. The fraction of sp³-hybridized carbons (Fsp3) is 0.176. The molecule has 21 heavy (non-hydrogen) atoms. The van der Waals surface area contributed by atoms with Crippen LogP contribution in [0.5, 0.6) is 0 Å². The summed E-state index contributed by atoms with van der Waals surface area (Å²) >= 11 is 0. The third-order valence-electron chi connectivity index (χ3n) is 3.53. The lowest BCUT2D eigenvalue weighted by molar-refractivity contribution is 0.320. The Morgan fingerprint density at radius 3 is 2.62 bits per heavy atom. The smallest absolute Gasteiger partial charge is 0.0767 e. The number of hydrogen-bond acceptors (Lipinski definition) is 4. The average molecular weight is 278 g/mol. The van der Waals surface area contributed by atoms with Crippen LogP contribution in [-0.2, 0) is 13.1 Å². The second kappa shape index (κ2) is 5.89. The van der Waals surface area contributed by atoms with Gasteiger partial charge in [0, 0.05) is 42.8 Å². The van der Waals surface area contributed by atoms with Gasteiger partial charge in [-0.05, 0) is 48.5 Å². The lowest BCUT2D eigenvalue weighted by Gasteiger charge is -2.18. The van der Waals surface area contributed by atoms with E-state index in [0.717, 1.165) is 29.7 Å². The molecule has 0 saturated heterocycles. The Hall–Kier alpha value is -2.46. The molecule has 0 saturated carbocycles. The van der Waals surface area contributed by atoms with Gasteiger partial charge in [-0.15, -0.1) is 0 Å². The number of anilines is 1. The zero-order chi connectivity index (χ0) is 14.7. The molecule has 0 radical (unpaired) electrons. The fourth-order valence-corrected chi connectivity index (χ4v) is 2.53. The van der Waals surface area contributed by atoms with E-state index in [9.17, 15) is 0 Å². The molecule has 1 aromatic carbocycles. The first-order chi connectivity index (χ1) is 10.2. The minimum atomic E-state index is 0.777. The Morgan fingerprint density at radius 1 is 1.00 bits per heavy atom. The van der Waals surface area contributed by atoms with Gasteiger partial charge in [0.2, 0.25) is 0 Å². The predicted molar refractivity (Wildman–Crippen MR) is 85.6 cm³/mol. The summed E-state index contributed by atoms with van der Waals surface area (Å²) in [5.74, 6) is 0. The van der Waals surface area contributed by atoms with Gasteiger partial charge in [-0.1, -0.05) is 6.07 Å². The molecule has 0 aliphatic rings. The van der Waals surface area contributed by atoms with Crippen molar-refractivity contribution >= 4 is 16.6 Å². The maximum Gasteiger partial charge on any atom is 0.0767 e. The molecule has 0 atom stereocenters. The zero-order valence-electron chi connectivity index (χ0n) is 12.0. The molecule has 3 aromatic rings. The van der Waals surface area contributed by atoms with Crippen molar-refractivity contribution in [1.29, 1.82) is 0 Å². The van der Waals surface area contributed by atoms with Gasteiger partial charge in [0.25, 0.3) is 0 Å². The summed E-state index contributed by atoms with van der Waals surface area (Å²) in [4.78, 5) is 10.8. The van der Waals surface area contributed by atoms with E-state index in [-0.39, 0.29) is 0 Å². The van der Waals surface area contributed by atoms with E-state index in [2.05, 4.69) is 28.0 Å². The van der Waals surface area contributed by atoms with Gasteiger partial charge in [0.05, 0.1) is 5.52 Å². The molecule has 0 bridgehead atoms. The minimum absolute atomic E-state index is 0.777. The van der Waals surface area contributed by atoms with E-state index in [1.54, 1.807) is 0 Å². The van der Waals surface area contributed by atoms with E-state index in [0.29, 0.717) is 0 Å². The Morgan fingerprint density at radius 2 is 1.81 bits per heavy atom. The molecular formula is C17H18N4. The van der Waals surface area contributed by atoms with Crippen LogP contribution in [0.1, 0.15) is 11.1 Å². The molecule has 0 unspecified atom stereocenters. The van der Waals surface area contributed by atoms with Crippen LogP contribution >= 0.6 is 0 Å². The predicted octanol–water partition coefficient (Wildman–Crippen LogP) is 2.84. The fourth-order valence-electron chi connectivity index (χ4n) is 2.53. The molecule has 0 spiro atoms. The van der Waals surface area contributed by atoms with E-state index in [1.165, 1.54) is 11.1 Å². The number of fused-ring (bicyclic) bond motifs is 1. The molecule has 0 fully saturated rings. The lowest BCUT2D eigenvalue weighted by atomic mass is 10.1. The van der Waals surface area contributed by atoms with Crippen molar-refractivity contribution < 1.29 is 0 Å². The normalized spacial score (nSPS) is 11.1. The van der Waals surface area contributed by atoms with E-state index < -0.39 is 0 Å². The monoisotopic (exact) mass is 278 g/mol. The highest BCUT2D eigenvalue weighted by Crippen LogP contribution is 2.23. The number of nitrogen functional groups attached to an aromatic ring is 1. The third-order valence-corrected chi connectivity index (χ3v) is 3.53. The molecule has 0 aliphatic heterocycles. The minimum Gasteiger partial charge on any atom is -0.398 e. The molecule has 3 rings (SSSR count). The number of nitrogens with two attached hydrogens (primary N) is 1. The van der Waals surface area contributed by atoms with Crippen LogP contribution in [0.3, 0.4) is 0 Å². The first kappa shape index (κ1) is 13.5. The van der Waals surface area contributed by atoms with E-state index >= 15 is 0 Å². The van der Waals surface area contributed by atoms with Crippen LogP contribution in [0, 0.1) is 0 Å². The van der Waals surface area contributed by atoms with Crippen LogP contribution in [0.4, 0.5) is 5.69 Å². The largest absolute Gasteiger partial charge is 0.398 e. The van der Waals surface area contributed by atoms with Gasteiger partial charge in [-0.25, -0.2) is 0 Å². The Labute approximate surface area is 124 Å². The summed E-state index contributed by atoms with van der Waals surface area (Å²) in [5.41, 5.74) is 10.2. The number of nitrogens with zero attached hydrogens (tertiary/aromatic N) is 3. The molecule has 2 N–H and O–H groups in total. The second-order valence-corrected chi connectivity index (χ2v) is 5.24. The van der Waals surface area contributed by atoms with Crippen LogP contribution in [-0.4, -0.2) is 21.9 Å². The maximum atomic E-state index is 6.02. The van der Waals surface area contributed by atoms with Crippen LogP contribution in [0.25, 0.3) is 10.9 Å². The molecule has 2 aromatic heterocycles. The number of pyridine rings is 2. The second-order valence-electron chi connectivity index (χ2n) is 5.24. The maximum absolute atomic E-state index is 6.02. The number of hydrogen-bond donors (Lipinski definition) is 1. The first-order valence-corrected chi connectivity index (χ1v) is 6.93. The first-order valence-electron chi connectivity index (χ1n) is 6.93. The molecular weight excluding hydrogens is 260 g/mol. The third kappa shape index (κ3) is 3.01. The molecule has 4 heteroatoms. The van der Waals surface area contributed by atoms with Crippen LogP contribution in [0.15, 0.2) is 55.0 Å². The highest BCUT2D eigenvalue weighted by molar-refractivity contribution is 5.92. The van der Waals surface area contributed by atoms with Crippen molar-refractivity contribution in [1.82, 2.24) is 14.9 Å².